The Morgan fingerprint density at radius 3 is 1.93 bits per heavy atom. The van der Waals surface area contributed by atoms with Gasteiger partial charge >= 0.3 is 0 Å². The van der Waals surface area contributed by atoms with Gasteiger partial charge in [0.1, 0.15) is 0 Å². The molecule has 54 heavy (non-hydrogen) atoms. The van der Waals surface area contributed by atoms with Gasteiger partial charge in [0.25, 0.3) is 0 Å². The second kappa shape index (κ2) is 12.1. The van der Waals surface area contributed by atoms with E-state index < -0.39 is 0 Å². The molecule has 11 rings (SSSR count). The van der Waals surface area contributed by atoms with Crippen LogP contribution in [0.5, 0.6) is 0 Å². The lowest BCUT2D eigenvalue weighted by atomic mass is 9.94. The van der Waals surface area contributed by atoms with Gasteiger partial charge in [-0.15, -0.1) is 0 Å². The molecule has 11 aromatic rings. The van der Waals surface area contributed by atoms with E-state index in [0.29, 0.717) is 0 Å². The zero-order chi connectivity index (χ0) is 35.6. The Balaban J connectivity index is 1.02. The highest BCUT2D eigenvalue weighted by atomic mass is 14.8. The third-order valence-electron chi connectivity index (χ3n) is 10.7. The van der Waals surface area contributed by atoms with Crippen LogP contribution < -0.4 is 0 Å². The Hall–Kier alpha value is -7.30. The number of pyridine rings is 4. The summed E-state index contributed by atoms with van der Waals surface area (Å²) in [6.07, 6.45) is 1.81. The maximum absolute atomic E-state index is 5.33. The average molecular weight is 687 g/mol. The standard InChI is InChI=1S/C50H30N4/c1-2-8-33(9-3-1)48-40-10-4-5-11-44(40)54-50-41(48)24-19-34-22-25-43(53-49(34)50)38-18-14-31-13-17-37-28-35(20-23-39(37)42(31)29-38)36-16-15-32-21-26-46(52-47(32)30-36)45-12-6-7-27-51-45/h1-30H. The lowest BCUT2D eigenvalue weighted by molar-refractivity contribution is 1.28. The maximum Gasteiger partial charge on any atom is 0.0978 e. The molecule has 0 saturated heterocycles. The monoisotopic (exact) mass is 686 g/mol. The van der Waals surface area contributed by atoms with Crippen molar-refractivity contribution in [3.63, 3.8) is 0 Å². The van der Waals surface area contributed by atoms with Crippen molar-refractivity contribution in [2.45, 2.75) is 0 Å². The van der Waals surface area contributed by atoms with Gasteiger partial charge in [0.15, 0.2) is 0 Å². The molecule has 0 spiro atoms. The zero-order valence-electron chi connectivity index (χ0n) is 29.1. The minimum atomic E-state index is 0.872. The fourth-order valence-electron chi connectivity index (χ4n) is 7.97. The molecule has 4 heterocycles. The molecule has 7 aromatic carbocycles. The first-order valence-electron chi connectivity index (χ1n) is 18.2. The number of fused-ring (bicyclic) bond motifs is 8. The van der Waals surface area contributed by atoms with E-state index in [2.05, 4.69) is 157 Å². The highest BCUT2D eigenvalue weighted by molar-refractivity contribution is 6.16. The second-order valence-corrected chi connectivity index (χ2v) is 13.9. The van der Waals surface area contributed by atoms with E-state index in [1.165, 1.54) is 32.7 Å². The highest BCUT2D eigenvalue weighted by Gasteiger charge is 2.15. The third kappa shape index (κ3) is 5.00. The summed E-state index contributed by atoms with van der Waals surface area (Å²) in [6.45, 7) is 0. The van der Waals surface area contributed by atoms with Crippen LogP contribution in [0.1, 0.15) is 0 Å². The van der Waals surface area contributed by atoms with Crippen molar-refractivity contribution >= 4 is 65.2 Å². The van der Waals surface area contributed by atoms with E-state index in [1.54, 1.807) is 6.20 Å². The molecular formula is C50H30N4. The second-order valence-electron chi connectivity index (χ2n) is 13.9. The third-order valence-corrected chi connectivity index (χ3v) is 10.7. The van der Waals surface area contributed by atoms with Crippen LogP contribution in [0.4, 0.5) is 0 Å². The molecule has 250 valence electrons. The zero-order valence-corrected chi connectivity index (χ0v) is 29.1. The number of para-hydroxylation sites is 1. The summed E-state index contributed by atoms with van der Waals surface area (Å²) in [5.74, 6) is 0. The van der Waals surface area contributed by atoms with Crippen LogP contribution in [0.3, 0.4) is 0 Å². The largest absolute Gasteiger partial charge is 0.255 e. The van der Waals surface area contributed by atoms with E-state index in [9.17, 15) is 0 Å². The first-order chi connectivity index (χ1) is 26.7. The van der Waals surface area contributed by atoms with Crippen molar-refractivity contribution in [1.82, 2.24) is 19.9 Å². The lowest BCUT2D eigenvalue weighted by Gasteiger charge is -2.13. The number of benzene rings is 7. The van der Waals surface area contributed by atoms with Gasteiger partial charge in [-0.25, -0.2) is 15.0 Å². The molecule has 0 atom stereocenters. The Bertz CT molecular complexity index is 3270. The molecule has 0 bridgehead atoms. The molecule has 0 radical (unpaired) electrons. The Morgan fingerprint density at radius 1 is 0.296 bits per heavy atom. The van der Waals surface area contributed by atoms with Crippen LogP contribution in [0, 0.1) is 0 Å². The molecule has 0 unspecified atom stereocenters. The first-order valence-corrected chi connectivity index (χ1v) is 18.2. The normalized spacial score (nSPS) is 11.7. The summed E-state index contributed by atoms with van der Waals surface area (Å²) >= 11 is 0. The summed E-state index contributed by atoms with van der Waals surface area (Å²) in [6, 6.07) is 62.1. The van der Waals surface area contributed by atoms with E-state index >= 15 is 0 Å². The van der Waals surface area contributed by atoms with Gasteiger partial charge in [0.2, 0.25) is 0 Å². The lowest BCUT2D eigenvalue weighted by Crippen LogP contribution is -1.93. The number of hydrogen-bond donors (Lipinski definition) is 0. The molecule has 0 amide bonds. The number of nitrogens with zero attached hydrogens (tertiary/aromatic N) is 4. The van der Waals surface area contributed by atoms with Crippen molar-refractivity contribution in [2.75, 3.05) is 0 Å². The maximum atomic E-state index is 5.33. The molecule has 0 saturated carbocycles. The van der Waals surface area contributed by atoms with E-state index in [0.717, 1.165) is 77.4 Å². The molecule has 0 aliphatic heterocycles. The van der Waals surface area contributed by atoms with Gasteiger partial charge in [-0.1, -0.05) is 127 Å². The molecule has 4 aromatic heterocycles. The van der Waals surface area contributed by atoms with Gasteiger partial charge in [-0.3, -0.25) is 4.98 Å². The summed E-state index contributed by atoms with van der Waals surface area (Å²) in [5.41, 5.74) is 12.1. The fraction of sp³-hybridized carbons (Fsp3) is 0. The summed E-state index contributed by atoms with van der Waals surface area (Å²) in [7, 11) is 0. The van der Waals surface area contributed by atoms with E-state index in [-0.39, 0.29) is 0 Å². The van der Waals surface area contributed by atoms with Crippen LogP contribution in [0.2, 0.25) is 0 Å². The molecular weight excluding hydrogens is 657 g/mol. The molecule has 0 fully saturated rings. The van der Waals surface area contributed by atoms with Crippen molar-refractivity contribution in [2.24, 2.45) is 0 Å². The van der Waals surface area contributed by atoms with E-state index in [1.807, 2.05) is 24.3 Å². The highest BCUT2D eigenvalue weighted by Crippen LogP contribution is 2.38. The minimum absolute atomic E-state index is 0.872. The SMILES string of the molecule is c1ccc(-c2c3ccccc3nc3c2ccc2ccc(-c4ccc5ccc6cc(-c7ccc8ccc(-c9ccccn9)nc8c7)ccc6c5c4)nc23)cc1. The smallest absolute Gasteiger partial charge is 0.0978 e. The Labute approximate surface area is 311 Å². The number of rotatable bonds is 4. The van der Waals surface area contributed by atoms with Gasteiger partial charge in [-0.2, -0.15) is 0 Å². The fourth-order valence-corrected chi connectivity index (χ4v) is 7.97. The predicted octanol–water partition coefficient (Wildman–Crippen LogP) is 12.9. The van der Waals surface area contributed by atoms with Gasteiger partial charge < -0.3 is 0 Å². The van der Waals surface area contributed by atoms with Crippen LogP contribution in [-0.4, -0.2) is 19.9 Å². The molecule has 4 nitrogen and oxygen atoms in total. The van der Waals surface area contributed by atoms with Crippen molar-refractivity contribution in [1.29, 1.82) is 0 Å². The van der Waals surface area contributed by atoms with Crippen LogP contribution in [0.15, 0.2) is 182 Å². The first kappa shape index (κ1) is 30.3. The van der Waals surface area contributed by atoms with Crippen LogP contribution in [0.25, 0.3) is 110 Å². The summed E-state index contributed by atoms with van der Waals surface area (Å²) < 4.78 is 0. The quantitative estimate of drug-likeness (QED) is 0.137. The van der Waals surface area contributed by atoms with Crippen molar-refractivity contribution in [3.05, 3.63) is 182 Å². The van der Waals surface area contributed by atoms with Crippen molar-refractivity contribution in [3.8, 4) is 44.9 Å². The average Bonchev–Trinajstić information content (AvgIpc) is 3.25. The number of hydrogen-bond acceptors (Lipinski definition) is 4. The van der Waals surface area contributed by atoms with E-state index in [4.69, 9.17) is 15.0 Å². The Kier molecular flexibility index (Phi) is 6.82. The Morgan fingerprint density at radius 2 is 1.00 bits per heavy atom. The summed E-state index contributed by atoms with van der Waals surface area (Å²) in [5, 5.41) is 9.22. The topological polar surface area (TPSA) is 51.6 Å². The molecule has 0 N–H and O–H groups in total. The molecule has 0 aliphatic rings. The summed E-state index contributed by atoms with van der Waals surface area (Å²) in [4.78, 5) is 20.0. The van der Waals surface area contributed by atoms with Crippen LogP contribution >= 0.6 is 0 Å². The molecule has 4 heteroatoms. The van der Waals surface area contributed by atoms with Gasteiger partial charge in [0, 0.05) is 38.9 Å². The predicted molar refractivity (Wildman–Crippen MR) is 224 cm³/mol. The van der Waals surface area contributed by atoms with Gasteiger partial charge in [-0.05, 0) is 86.8 Å². The molecule has 0 aliphatic carbocycles. The van der Waals surface area contributed by atoms with Crippen molar-refractivity contribution < 1.29 is 0 Å². The minimum Gasteiger partial charge on any atom is -0.255 e. The van der Waals surface area contributed by atoms with Crippen LogP contribution in [-0.2, 0) is 0 Å². The van der Waals surface area contributed by atoms with Gasteiger partial charge in [0.05, 0.1) is 39.1 Å². The number of aromatic nitrogens is 4.